The van der Waals surface area contributed by atoms with Crippen molar-refractivity contribution in [2.75, 3.05) is 25.6 Å². The fraction of sp³-hybridized carbons (Fsp3) is 0.647. The number of hydrogen-bond donors (Lipinski definition) is 5. The molecule has 14 heteroatoms. The summed E-state index contributed by atoms with van der Waals surface area (Å²) in [4.78, 5) is 26.1. The van der Waals surface area contributed by atoms with Crippen molar-refractivity contribution in [1.82, 2.24) is 14.5 Å². The number of anilines is 1. The molecule has 13 nitrogen and oxygen atoms in total. The van der Waals surface area contributed by atoms with E-state index in [1.165, 1.54) is 17.8 Å². The van der Waals surface area contributed by atoms with E-state index in [-0.39, 0.29) is 5.82 Å². The first kappa shape index (κ1) is 24.0. The van der Waals surface area contributed by atoms with Gasteiger partial charge in [0.15, 0.2) is 12.5 Å². The zero-order chi connectivity index (χ0) is 23.0. The first-order valence-corrected chi connectivity index (χ1v) is 11.1. The summed E-state index contributed by atoms with van der Waals surface area (Å²) in [5.74, 6) is 0.155. The van der Waals surface area contributed by atoms with Crippen LogP contribution in [0.4, 0.5) is 5.82 Å². The Morgan fingerprint density at radius 3 is 2.55 bits per heavy atom. The Labute approximate surface area is 178 Å². The molecule has 0 unspecified atom stereocenters. The highest BCUT2D eigenvalue weighted by atomic mass is 31.2. The molecule has 0 saturated carbocycles. The number of nitrogens with two attached hydrogens (primary N) is 1. The van der Waals surface area contributed by atoms with Crippen LogP contribution in [0.15, 0.2) is 12.5 Å². The molecule has 1 saturated heterocycles. The second kappa shape index (κ2) is 9.06. The van der Waals surface area contributed by atoms with E-state index >= 15 is 0 Å². The van der Waals surface area contributed by atoms with Crippen molar-refractivity contribution in [2.45, 2.75) is 51.1 Å². The maximum Gasteiger partial charge on any atom is 0.469 e. The molecule has 4 atom stereocenters. The van der Waals surface area contributed by atoms with E-state index in [1.54, 1.807) is 20.0 Å². The number of phosphoric acid groups is 1. The van der Waals surface area contributed by atoms with Gasteiger partial charge in [-0.2, -0.15) is 0 Å². The molecule has 0 spiro atoms. The van der Waals surface area contributed by atoms with Crippen LogP contribution in [0, 0.1) is 0 Å². The number of aromatic nitrogens is 3. The molecule has 0 radical (unpaired) electrons. The molecule has 2 aromatic rings. The molecular formula is C17H27N4O9P. The van der Waals surface area contributed by atoms with Gasteiger partial charge in [-0.05, 0) is 20.8 Å². The molecule has 6 N–H and O–H groups in total. The molecule has 0 aromatic carbocycles. The molecule has 3 heterocycles. The summed E-state index contributed by atoms with van der Waals surface area (Å²) in [5, 5.41) is 21.9. The Bertz CT molecular complexity index is 956. The Morgan fingerprint density at radius 1 is 1.32 bits per heavy atom. The van der Waals surface area contributed by atoms with Gasteiger partial charge in [0.05, 0.1) is 12.0 Å². The standard InChI is InChI=1S/C17H27N4O9P/c1-4-27-15(28-5-2)9-6-21(14-11(9)13(18)19-8-20-14)16-17(3,23)12(22)10(30-16)7-29-31(24,25)26/h6,8,10,12,15-16,22-23H,4-5,7H2,1-3H3,(H2,18,19,20)(H2,24,25,26)/t10-,12-,16-,17-/m1/s1. The van der Waals surface area contributed by atoms with Crippen LogP contribution < -0.4 is 5.73 Å². The van der Waals surface area contributed by atoms with Crippen molar-refractivity contribution in [3.8, 4) is 0 Å². The molecule has 174 valence electrons. The summed E-state index contributed by atoms with van der Waals surface area (Å²) in [6.45, 7) is 5.00. The van der Waals surface area contributed by atoms with Crippen molar-refractivity contribution in [2.24, 2.45) is 0 Å². The molecule has 1 aliphatic rings. The summed E-state index contributed by atoms with van der Waals surface area (Å²) < 4.78 is 34.0. The average molecular weight is 462 g/mol. The van der Waals surface area contributed by atoms with E-state index in [0.717, 1.165) is 0 Å². The molecular weight excluding hydrogens is 435 g/mol. The smallest absolute Gasteiger partial charge is 0.387 e. The second-order valence-electron chi connectivity index (χ2n) is 7.18. The number of aliphatic hydroxyl groups excluding tert-OH is 1. The third-order valence-corrected chi connectivity index (χ3v) is 5.46. The van der Waals surface area contributed by atoms with Gasteiger partial charge in [-0.1, -0.05) is 0 Å². The van der Waals surface area contributed by atoms with Crippen LogP contribution in [0.25, 0.3) is 11.0 Å². The van der Waals surface area contributed by atoms with Crippen LogP contribution in [0.3, 0.4) is 0 Å². The predicted octanol–water partition coefficient (Wildman–Crippen LogP) is 0.204. The number of nitrogens with zero attached hydrogens (tertiary/aromatic N) is 3. The molecule has 3 rings (SSSR count). The first-order chi connectivity index (χ1) is 14.5. The highest BCUT2D eigenvalue weighted by Gasteiger charge is 2.54. The predicted molar refractivity (Wildman–Crippen MR) is 106 cm³/mol. The van der Waals surface area contributed by atoms with E-state index < -0.39 is 44.8 Å². The summed E-state index contributed by atoms with van der Waals surface area (Å²) in [7, 11) is -4.80. The van der Waals surface area contributed by atoms with E-state index in [0.29, 0.717) is 29.8 Å². The van der Waals surface area contributed by atoms with Gasteiger partial charge in [0, 0.05) is 25.0 Å². The number of phosphoric ester groups is 1. The normalized spacial score (nSPS) is 26.9. The fourth-order valence-corrected chi connectivity index (χ4v) is 3.92. The highest BCUT2D eigenvalue weighted by molar-refractivity contribution is 7.46. The van der Waals surface area contributed by atoms with Gasteiger partial charge in [-0.15, -0.1) is 0 Å². The SMILES string of the molecule is CCOC(OCC)c1cn([C@@H]2O[C@H](COP(=O)(O)O)[C@@H](O)[C@@]2(C)O)c2ncnc(N)c12. The highest BCUT2D eigenvalue weighted by Crippen LogP contribution is 2.44. The minimum Gasteiger partial charge on any atom is -0.387 e. The van der Waals surface area contributed by atoms with Crippen molar-refractivity contribution in [3.05, 3.63) is 18.1 Å². The monoisotopic (exact) mass is 462 g/mol. The Kier molecular flexibility index (Phi) is 7.01. The number of rotatable bonds is 9. The largest absolute Gasteiger partial charge is 0.469 e. The van der Waals surface area contributed by atoms with Crippen LogP contribution in [0.1, 0.15) is 38.9 Å². The van der Waals surface area contributed by atoms with Crippen molar-refractivity contribution < 1.29 is 43.3 Å². The van der Waals surface area contributed by atoms with Gasteiger partial charge in [0.1, 0.15) is 35.6 Å². The lowest BCUT2D eigenvalue weighted by Gasteiger charge is -2.27. The van der Waals surface area contributed by atoms with Gasteiger partial charge in [0.2, 0.25) is 0 Å². The Morgan fingerprint density at radius 2 is 1.97 bits per heavy atom. The van der Waals surface area contributed by atoms with Crippen molar-refractivity contribution in [1.29, 1.82) is 0 Å². The number of hydrogen-bond acceptors (Lipinski definition) is 10. The molecule has 1 fully saturated rings. The zero-order valence-electron chi connectivity index (χ0n) is 17.3. The Balaban J connectivity index is 2.06. The lowest BCUT2D eigenvalue weighted by atomic mass is 9.96. The zero-order valence-corrected chi connectivity index (χ0v) is 18.2. The minimum atomic E-state index is -4.80. The van der Waals surface area contributed by atoms with Gasteiger partial charge in [0.25, 0.3) is 0 Å². The maximum atomic E-state index is 11.0. The Hall–Kier alpha value is -1.67. The summed E-state index contributed by atoms with van der Waals surface area (Å²) in [6, 6.07) is 0. The van der Waals surface area contributed by atoms with Crippen LogP contribution in [-0.4, -0.2) is 72.2 Å². The minimum absolute atomic E-state index is 0.155. The van der Waals surface area contributed by atoms with Crippen LogP contribution in [0.2, 0.25) is 0 Å². The summed E-state index contributed by atoms with van der Waals surface area (Å²) in [6.07, 6.45) is -1.91. The topological polar surface area (TPSA) is 192 Å². The average Bonchev–Trinajstić information content (AvgIpc) is 3.16. The van der Waals surface area contributed by atoms with E-state index in [2.05, 4.69) is 14.5 Å². The van der Waals surface area contributed by atoms with E-state index in [1.807, 2.05) is 0 Å². The van der Waals surface area contributed by atoms with Crippen LogP contribution in [-0.2, 0) is 23.3 Å². The quantitative estimate of drug-likeness (QED) is 0.252. The van der Waals surface area contributed by atoms with Crippen molar-refractivity contribution in [3.63, 3.8) is 0 Å². The number of aliphatic hydroxyl groups is 2. The fourth-order valence-electron chi connectivity index (χ4n) is 3.57. The first-order valence-electron chi connectivity index (χ1n) is 9.61. The number of nitrogen functional groups attached to an aromatic ring is 1. The van der Waals surface area contributed by atoms with E-state index in [9.17, 15) is 14.8 Å². The number of fused-ring (bicyclic) bond motifs is 1. The molecule has 2 aromatic heterocycles. The third-order valence-electron chi connectivity index (χ3n) is 4.97. The lowest BCUT2D eigenvalue weighted by molar-refractivity contribution is -0.140. The summed E-state index contributed by atoms with van der Waals surface area (Å²) >= 11 is 0. The molecule has 0 bridgehead atoms. The van der Waals surface area contributed by atoms with Crippen LogP contribution >= 0.6 is 7.82 Å². The van der Waals surface area contributed by atoms with E-state index in [4.69, 9.17) is 29.7 Å². The molecule has 0 amide bonds. The second-order valence-corrected chi connectivity index (χ2v) is 8.42. The third kappa shape index (κ3) is 4.75. The summed E-state index contributed by atoms with van der Waals surface area (Å²) in [5.41, 5.74) is 5.01. The van der Waals surface area contributed by atoms with Crippen molar-refractivity contribution >= 4 is 24.7 Å². The maximum absolute atomic E-state index is 11.0. The van der Waals surface area contributed by atoms with Gasteiger partial charge in [-0.3, -0.25) is 4.52 Å². The lowest BCUT2D eigenvalue weighted by Crippen LogP contribution is -2.44. The van der Waals surface area contributed by atoms with Gasteiger partial charge < -0.3 is 44.5 Å². The molecule has 1 aliphatic heterocycles. The van der Waals surface area contributed by atoms with Gasteiger partial charge in [-0.25, -0.2) is 14.5 Å². The number of ether oxygens (including phenoxy) is 3. The molecule has 31 heavy (non-hydrogen) atoms. The molecule has 0 aliphatic carbocycles. The van der Waals surface area contributed by atoms with Crippen LogP contribution in [0.5, 0.6) is 0 Å². The van der Waals surface area contributed by atoms with Gasteiger partial charge >= 0.3 is 7.82 Å².